The van der Waals surface area contributed by atoms with Gasteiger partial charge in [0, 0.05) is 4.90 Å². The average Bonchev–Trinajstić information content (AvgIpc) is 2.51. The van der Waals surface area contributed by atoms with E-state index in [0.29, 0.717) is 5.75 Å². The maximum Gasteiger partial charge on any atom is 0.118 e. The zero-order chi connectivity index (χ0) is 15.6. The molecule has 0 saturated carbocycles. The highest BCUT2D eigenvalue weighted by Gasteiger charge is 2.16. The number of benzene rings is 1. The zero-order valence-corrected chi connectivity index (χ0v) is 14.0. The van der Waals surface area contributed by atoms with Gasteiger partial charge in [-0.25, -0.2) is 0 Å². The molecule has 20 heavy (non-hydrogen) atoms. The molecule has 1 atom stereocenters. The molecule has 0 saturated heterocycles. The summed E-state index contributed by atoms with van der Waals surface area (Å²) in [6.45, 7) is 14.2. The van der Waals surface area contributed by atoms with Crippen molar-refractivity contribution in [1.82, 2.24) is 0 Å². The Morgan fingerprint density at radius 1 is 1.00 bits per heavy atom. The predicted octanol–water partition coefficient (Wildman–Crippen LogP) is 2.82. The van der Waals surface area contributed by atoms with Crippen molar-refractivity contribution in [3.05, 3.63) is 24.3 Å². The van der Waals surface area contributed by atoms with Gasteiger partial charge in [-0.3, -0.25) is 4.21 Å². The minimum atomic E-state index is -2.14. The lowest BCUT2D eigenvalue weighted by Gasteiger charge is -2.34. The molecule has 0 amide bonds. The van der Waals surface area contributed by atoms with Crippen LogP contribution < -0.4 is 4.74 Å². The van der Waals surface area contributed by atoms with Gasteiger partial charge in [0.25, 0.3) is 0 Å². The molecule has 0 N–H and O–H groups in total. The topological polar surface area (TPSA) is 49.4 Å². The molecule has 0 heterocycles. The molecule has 0 aromatic heterocycles. The Morgan fingerprint density at radius 2 is 1.40 bits per heavy atom. The minimum Gasteiger partial charge on any atom is -0.768 e. The molecule has 5 heteroatoms. The van der Waals surface area contributed by atoms with Crippen LogP contribution in [-0.4, -0.2) is 46.5 Å². The van der Waals surface area contributed by atoms with Crippen molar-refractivity contribution in [3.63, 3.8) is 0 Å². The summed E-state index contributed by atoms with van der Waals surface area (Å²) in [6.07, 6.45) is 0. The highest BCUT2D eigenvalue weighted by atomic mass is 32.2. The molecule has 0 bridgehead atoms. The van der Waals surface area contributed by atoms with Gasteiger partial charge in [0.1, 0.15) is 5.75 Å². The van der Waals surface area contributed by atoms with Crippen LogP contribution in [0.25, 0.3) is 0 Å². The van der Waals surface area contributed by atoms with Crippen molar-refractivity contribution < 1.29 is 18.0 Å². The van der Waals surface area contributed by atoms with E-state index >= 15 is 0 Å². The first kappa shape index (κ1) is 19.1. The maximum atomic E-state index is 10.4. The van der Waals surface area contributed by atoms with Gasteiger partial charge in [-0.1, -0.05) is 0 Å². The zero-order valence-electron chi connectivity index (χ0n) is 13.2. The van der Waals surface area contributed by atoms with E-state index in [1.165, 1.54) is 49.9 Å². The number of methoxy groups -OCH3 is 1. The van der Waals surface area contributed by atoms with E-state index in [2.05, 4.69) is 27.7 Å². The quantitative estimate of drug-likeness (QED) is 0.599. The molecular weight excluding hydrogens is 274 g/mol. The Morgan fingerprint density at radius 3 is 1.60 bits per heavy atom. The summed E-state index contributed by atoms with van der Waals surface area (Å²) in [6, 6.07) is 6.18. The van der Waals surface area contributed by atoms with Gasteiger partial charge >= 0.3 is 0 Å². The van der Waals surface area contributed by atoms with Gasteiger partial charge < -0.3 is 13.8 Å². The molecule has 0 spiro atoms. The summed E-state index contributed by atoms with van der Waals surface area (Å²) in [5, 5.41) is 0. The molecule has 1 aromatic carbocycles. The van der Waals surface area contributed by atoms with Gasteiger partial charge in [0.2, 0.25) is 0 Å². The van der Waals surface area contributed by atoms with Crippen LogP contribution >= 0.6 is 0 Å². The molecule has 0 aliphatic carbocycles. The fourth-order valence-corrected chi connectivity index (χ4v) is 2.39. The third-order valence-corrected chi connectivity index (χ3v) is 4.59. The lowest BCUT2D eigenvalue weighted by molar-refractivity contribution is -0.921. The average molecular weight is 301 g/mol. The van der Waals surface area contributed by atoms with Crippen molar-refractivity contribution >= 4 is 11.1 Å². The second kappa shape index (κ2) is 9.91. The van der Waals surface area contributed by atoms with Gasteiger partial charge in [-0.15, -0.1) is 0 Å². The molecule has 0 aliphatic rings. The number of rotatable bonds is 6. The highest BCUT2D eigenvalue weighted by Crippen LogP contribution is 2.12. The fraction of sp³-hybridized carbons (Fsp3) is 0.600. The van der Waals surface area contributed by atoms with Gasteiger partial charge in [-0.2, -0.15) is 0 Å². The Hall–Kier alpha value is -0.910. The number of hydrogen-bond acceptors (Lipinski definition) is 3. The number of hydrogen-bond donors (Lipinski definition) is 0. The minimum absolute atomic E-state index is 0.269. The molecule has 1 unspecified atom stereocenters. The van der Waals surface area contributed by atoms with E-state index in [1.807, 2.05) is 0 Å². The van der Waals surface area contributed by atoms with Crippen LogP contribution in [0.2, 0.25) is 0 Å². The van der Waals surface area contributed by atoms with Crippen molar-refractivity contribution in [2.45, 2.75) is 32.6 Å². The van der Waals surface area contributed by atoms with Crippen LogP contribution in [0.15, 0.2) is 29.2 Å². The Kier molecular flexibility index (Phi) is 9.46. The van der Waals surface area contributed by atoms with Crippen LogP contribution in [0.5, 0.6) is 5.75 Å². The van der Waals surface area contributed by atoms with E-state index in [-0.39, 0.29) is 4.90 Å². The van der Waals surface area contributed by atoms with Crippen LogP contribution in [-0.2, 0) is 11.1 Å². The van der Waals surface area contributed by atoms with Gasteiger partial charge in [0.05, 0.1) is 33.3 Å². The second-order valence-electron chi connectivity index (χ2n) is 4.52. The third kappa shape index (κ3) is 6.03. The van der Waals surface area contributed by atoms with Crippen LogP contribution in [0.3, 0.4) is 0 Å². The molecule has 0 fully saturated rings. The van der Waals surface area contributed by atoms with E-state index in [1.54, 1.807) is 12.1 Å². The normalized spacial score (nSPS) is 12.3. The molecule has 116 valence electrons. The van der Waals surface area contributed by atoms with Crippen LogP contribution in [0.4, 0.5) is 0 Å². The molecular formula is C15H27NO3S. The van der Waals surface area contributed by atoms with Crippen molar-refractivity contribution in [2.75, 3.05) is 33.3 Å². The second-order valence-corrected chi connectivity index (χ2v) is 5.46. The Labute approximate surface area is 125 Å². The number of nitrogens with zero attached hydrogens (tertiary/aromatic N) is 1. The Balaban J connectivity index is 0.000000370. The predicted molar refractivity (Wildman–Crippen MR) is 82.6 cm³/mol. The van der Waals surface area contributed by atoms with Crippen molar-refractivity contribution in [1.29, 1.82) is 0 Å². The summed E-state index contributed by atoms with van der Waals surface area (Å²) in [5.74, 6) is 0.652. The monoisotopic (exact) mass is 301 g/mol. The molecule has 0 aliphatic heterocycles. The first-order chi connectivity index (χ1) is 9.48. The number of ether oxygens (including phenoxy) is 1. The summed E-state index contributed by atoms with van der Waals surface area (Å²) in [7, 11) is 1.53. The summed E-state index contributed by atoms with van der Waals surface area (Å²) in [4.78, 5) is 0.269. The molecule has 1 rings (SSSR count). The van der Waals surface area contributed by atoms with E-state index in [4.69, 9.17) is 4.74 Å². The first-order valence-corrected chi connectivity index (χ1v) is 8.14. The van der Waals surface area contributed by atoms with Gasteiger partial charge in [-0.05, 0) is 63.0 Å². The van der Waals surface area contributed by atoms with Crippen molar-refractivity contribution in [3.8, 4) is 5.75 Å². The first-order valence-electron chi connectivity index (χ1n) is 7.06. The summed E-state index contributed by atoms with van der Waals surface area (Å²) >= 11 is -2.14. The summed E-state index contributed by atoms with van der Waals surface area (Å²) < 4.78 is 26.8. The molecule has 1 aromatic rings. The SMILES string of the molecule is CC[N+](CC)(CC)CC.COc1ccc(S(=O)[O-])cc1. The third-order valence-electron chi connectivity index (χ3n) is 3.94. The lowest BCUT2D eigenvalue weighted by Crippen LogP contribution is -2.47. The fourth-order valence-electron chi connectivity index (χ4n) is 2.03. The maximum absolute atomic E-state index is 10.4. The van der Waals surface area contributed by atoms with E-state index < -0.39 is 11.1 Å². The highest BCUT2D eigenvalue weighted by molar-refractivity contribution is 7.79. The van der Waals surface area contributed by atoms with Crippen molar-refractivity contribution in [2.24, 2.45) is 0 Å². The van der Waals surface area contributed by atoms with Gasteiger partial charge in [0.15, 0.2) is 0 Å². The molecule has 4 nitrogen and oxygen atoms in total. The largest absolute Gasteiger partial charge is 0.768 e. The smallest absolute Gasteiger partial charge is 0.118 e. The van der Waals surface area contributed by atoms with E-state index in [0.717, 1.165) is 0 Å². The van der Waals surface area contributed by atoms with Crippen LogP contribution in [0, 0.1) is 0 Å². The number of quaternary nitrogens is 1. The standard InChI is InChI=1S/C8H20N.C7H8O3S/c1-5-9(6-2,7-3)8-4;1-10-6-2-4-7(5-3-6)11(8)9/h5-8H2,1-4H3;2-5H,1H3,(H,8,9)/q+1;/p-1. The lowest BCUT2D eigenvalue weighted by atomic mass is 10.3. The molecule has 0 radical (unpaired) electrons. The van der Waals surface area contributed by atoms with E-state index in [9.17, 15) is 8.76 Å². The Bertz CT molecular complexity index is 371. The van der Waals surface area contributed by atoms with Crippen LogP contribution in [0.1, 0.15) is 27.7 Å². The summed E-state index contributed by atoms with van der Waals surface area (Å²) in [5.41, 5.74) is 0.